The average molecular weight is 392 g/mol. The number of benzene rings is 2. The number of para-hydroxylation sites is 1. The first-order valence-electron chi connectivity index (χ1n) is 9.12. The zero-order valence-corrected chi connectivity index (χ0v) is 15.8. The van der Waals surface area contributed by atoms with Gasteiger partial charge >= 0.3 is 0 Å². The van der Waals surface area contributed by atoms with Gasteiger partial charge in [0.1, 0.15) is 19.0 Å². The highest BCUT2D eigenvalue weighted by Gasteiger charge is 2.14. The molecule has 8 nitrogen and oxygen atoms in total. The molecule has 0 unspecified atom stereocenters. The van der Waals surface area contributed by atoms with Crippen molar-refractivity contribution in [2.45, 2.75) is 6.54 Å². The van der Waals surface area contributed by atoms with Crippen LogP contribution in [0.3, 0.4) is 0 Å². The Kier molecular flexibility index (Phi) is 5.42. The van der Waals surface area contributed by atoms with Crippen LogP contribution in [-0.2, 0) is 6.54 Å². The lowest BCUT2D eigenvalue weighted by Crippen LogP contribution is -2.16. The van der Waals surface area contributed by atoms with E-state index in [9.17, 15) is 4.79 Å². The van der Waals surface area contributed by atoms with Crippen LogP contribution >= 0.6 is 0 Å². The molecule has 0 bridgehead atoms. The number of nitrogens with zero attached hydrogens (tertiary/aromatic N) is 2. The molecule has 29 heavy (non-hydrogen) atoms. The van der Waals surface area contributed by atoms with Gasteiger partial charge in [-0.1, -0.05) is 18.2 Å². The number of methoxy groups -OCH3 is 1. The minimum Gasteiger partial charge on any atom is -0.496 e. The molecule has 2 N–H and O–H groups in total. The number of anilines is 2. The Balaban J connectivity index is 1.38. The lowest BCUT2D eigenvalue weighted by Gasteiger charge is -2.19. The summed E-state index contributed by atoms with van der Waals surface area (Å²) >= 11 is 0. The van der Waals surface area contributed by atoms with Crippen LogP contribution in [0.25, 0.3) is 0 Å². The summed E-state index contributed by atoms with van der Waals surface area (Å²) in [5, 5.41) is 5.93. The molecule has 1 amide bonds. The highest BCUT2D eigenvalue weighted by atomic mass is 16.6. The van der Waals surface area contributed by atoms with Crippen molar-refractivity contribution in [2.75, 3.05) is 31.0 Å². The van der Waals surface area contributed by atoms with Crippen LogP contribution in [0, 0.1) is 0 Å². The number of ether oxygens (including phenoxy) is 3. The van der Waals surface area contributed by atoms with E-state index in [1.54, 1.807) is 25.3 Å². The van der Waals surface area contributed by atoms with Crippen molar-refractivity contribution in [3.63, 3.8) is 0 Å². The minimum absolute atomic E-state index is 0.307. The summed E-state index contributed by atoms with van der Waals surface area (Å²) in [5.41, 5.74) is 1.94. The molecule has 148 valence electrons. The minimum atomic E-state index is -0.307. The Morgan fingerprint density at radius 3 is 2.62 bits per heavy atom. The van der Waals surface area contributed by atoms with Gasteiger partial charge in [0.25, 0.3) is 5.91 Å². The summed E-state index contributed by atoms with van der Waals surface area (Å²) in [6.45, 7) is 1.52. The van der Waals surface area contributed by atoms with Crippen molar-refractivity contribution in [1.29, 1.82) is 0 Å². The van der Waals surface area contributed by atoms with E-state index >= 15 is 0 Å². The van der Waals surface area contributed by atoms with Gasteiger partial charge in [-0.2, -0.15) is 0 Å². The molecule has 2 aromatic carbocycles. The fourth-order valence-electron chi connectivity index (χ4n) is 2.88. The zero-order chi connectivity index (χ0) is 20.1. The van der Waals surface area contributed by atoms with Crippen LogP contribution in [0.2, 0.25) is 0 Å². The Labute approximate surface area is 167 Å². The van der Waals surface area contributed by atoms with E-state index in [1.807, 2.05) is 24.3 Å². The summed E-state index contributed by atoms with van der Waals surface area (Å²) in [6, 6.07) is 13.0. The van der Waals surface area contributed by atoms with Gasteiger partial charge in [0.05, 0.1) is 12.7 Å². The predicted molar refractivity (Wildman–Crippen MR) is 108 cm³/mol. The molecule has 0 atom stereocenters. The van der Waals surface area contributed by atoms with E-state index in [1.165, 1.54) is 12.4 Å². The first-order valence-corrected chi connectivity index (χ1v) is 9.12. The van der Waals surface area contributed by atoms with Gasteiger partial charge in [0, 0.05) is 36.3 Å². The molecule has 1 aromatic heterocycles. The molecule has 0 spiro atoms. The number of aromatic nitrogens is 2. The second-order valence-corrected chi connectivity index (χ2v) is 6.27. The maximum absolute atomic E-state index is 12.5. The lowest BCUT2D eigenvalue weighted by molar-refractivity contribution is 0.102. The van der Waals surface area contributed by atoms with Crippen molar-refractivity contribution < 1.29 is 19.0 Å². The van der Waals surface area contributed by atoms with Gasteiger partial charge < -0.3 is 24.8 Å². The number of carbonyl (C=O) groups is 1. The first-order chi connectivity index (χ1) is 14.2. The average Bonchev–Trinajstić information content (AvgIpc) is 2.78. The Morgan fingerprint density at radius 1 is 1.07 bits per heavy atom. The van der Waals surface area contributed by atoms with Crippen LogP contribution in [0.5, 0.6) is 17.2 Å². The topological polar surface area (TPSA) is 94.6 Å². The number of hydrogen-bond donors (Lipinski definition) is 2. The maximum Gasteiger partial charge on any atom is 0.258 e. The number of nitrogens with one attached hydrogen (secondary N) is 2. The highest BCUT2D eigenvalue weighted by molar-refractivity contribution is 6.04. The van der Waals surface area contributed by atoms with Crippen molar-refractivity contribution in [3.05, 3.63) is 66.0 Å². The third kappa shape index (κ3) is 4.37. The van der Waals surface area contributed by atoms with Gasteiger partial charge in [-0.15, -0.1) is 0 Å². The zero-order valence-electron chi connectivity index (χ0n) is 15.8. The number of hydrogen-bond acceptors (Lipinski definition) is 7. The van der Waals surface area contributed by atoms with Gasteiger partial charge in [0.2, 0.25) is 5.95 Å². The lowest BCUT2D eigenvalue weighted by atomic mass is 10.2. The van der Waals surface area contributed by atoms with Crippen molar-refractivity contribution >= 4 is 17.5 Å². The standard InChI is InChI=1S/C21H20N4O4/c1-27-17-5-3-2-4-14(17)11-22-21-23-12-15(13-24-21)20(26)25-16-6-7-18-19(10-16)29-9-8-28-18/h2-7,10,12-13H,8-9,11H2,1H3,(H,25,26)(H,22,23,24). The molecule has 2 heterocycles. The molecule has 0 fully saturated rings. The molecule has 3 aromatic rings. The highest BCUT2D eigenvalue weighted by Crippen LogP contribution is 2.32. The first kappa shape index (κ1) is 18.5. The molecular weight excluding hydrogens is 372 g/mol. The van der Waals surface area contributed by atoms with E-state index in [-0.39, 0.29) is 5.91 Å². The number of fused-ring (bicyclic) bond motifs is 1. The van der Waals surface area contributed by atoms with Crippen LogP contribution in [0.1, 0.15) is 15.9 Å². The molecule has 4 rings (SSSR count). The normalized spacial score (nSPS) is 12.2. The fourth-order valence-corrected chi connectivity index (χ4v) is 2.88. The molecule has 1 aliphatic heterocycles. The van der Waals surface area contributed by atoms with Gasteiger partial charge in [-0.3, -0.25) is 4.79 Å². The number of amides is 1. The van der Waals surface area contributed by atoms with Crippen LogP contribution < -0.4 is 24.8 Å². The summed E-state index contributed by atoms with van der Waals surface area (Å²) in [5.74, 6) is 2.18. The SMILES string of the molecule is COc1ccccc1CNc1ncc(C(=O)Nc2ccc3c(c2)OCCO3)cn1. The fraction of sp³-hybridized carbons (Fsp3) is 0.190. The summed E-state index contributed by atoms with van der Waals surface area (Å²) < 4.78 is 16.3. The largest absolute Gasteiger partial charge is 0.496 e. The molecule has 1 aliphatic rings. The van der Waals surface area contributed by atoms with E-state index in [2.05, 4.69) is 20.6 Å². The van der Waals surface area contributed by atoms with E-state index in [0.717, 1.165) is 11.3 Å². The smallest absolute Gasteiger partial charge is 0.258 e. The Bertz CT molecular complexity index is 1010. The van der Waals surface area contributed by atoms with Crippen LogP contribution in [-0.4, -0.2) is 36.2 Å². The number of rotatable bonds is 6. The summed E-state index contributed by atoms with van der Waals surface area (Å²) in [6.07, 6.45) is 2.95. The molecule has 0 saturated carbocycles. The predicted octanol–water partition coefficient (Wildman–Crippen LogP) is 3.12. The molecule has 0 saturated heterocycles. The monoisotopic (exact) mass is 392 g/mol. The molecular formula is C21H20N4O4. The van der Waals surface area contributed by atoms with E-state index < -0.39 is 0 Å². The molecule has 0 aliphatic carbocycles. The van der Waals surface area contributed by atoms with Gasteiger partial charge in [-0.05, 0) is 18.2 Å². The molecule has 8 heteroatoms. The van der Waals surface area contributed by atoms with Crippen molar-refractivity contribution in [1.82, 2.24) is 9.97 Å². The van der Waals surface area contributed by atoms with Crippen LogP contribution in [0.4, 0.5) is 11.6 Å². The van der Waals surface area contributed by atoms with Crippen LogP contribution in [0.15, 0.2) is 54.9 Å². The molecule has 0 radical (unpaired) electrons. The van der Waals surface area contributed by atoms with Crippen molar-refractivity contribution in [3.8, 4) is 17.2 Å². The second kappa shape index (κ2) is 8.47. The second-order valence-electron chi connectivity index (χ2n) is 6.27. The third-order valence-corrected chi connectivity index (χ3v) is 4.34. The van der Waals surface area contributed by atoms with Gasteiger partial charge in [-0.25, -0.2) is 9.97 Å². The quantitative estimate of drug-likeness (QED) is 0.665. The summed E-state index contributed by atoms with van der Waals surface area (Å²) in [4.78, 5) is 20.9. The van der Waals surface area contributed by atoms with Gasteiger partial charge in [0.15, 0.2) is 11.5 Å². The number of carbonyl (C=O) groups excluding carboxylic acids is 1. The maximum atomic E-state index is 12.5. The Morgan fingerprint density at radius 2 is 1.83 bits per heavy atom. The van der Waals surface area contributed by atoms with E-state index in [0.29, 0.717) is 48.5 Å². The summed E-state index contributed by atoms with van der Waals surface area (Å²) in [7, 11) is 1.63. The Hall–Kier alpha value is -3.81. The van der Waals surface area contributed by atoms with E-state index in [4.69, 9.17) is 14.2 Å². The third-order valence-electron chi connectivity index (χ3n) is 4.34. The van der Waals surface area contributed by atoms with Crippen molar-refractivity contribution in [2.24, 2.45) is 0 Å².